The van der Waals surface area contributed by atoms with Crippen LogP contribution in [0.1, 0.15) is 51.4 Å². The van der Waals surface area contributed by atoms with E-state index in [0.717, 1.165) is 13.2 Å². The fraction of sp³-hybridized carbons (Fsp3) is 1.00. The molecule has 2 atom stereocenters. The summed E-state index contributed by atoms with van der Waals surface area (Å²) in [6.07, 6.45) is 11.3. The molecule has 2 rings (SSSR count). The van der Waals surface area contributed by atoms with E-state index in [1.807, 2.05) is 0 Å². The second-order valence-electron chi connectivity index (χ2n) is 4.99. The van der Waals surface area contributed by atoms with Gasteiger partial charge in [0, 0.05) is 4.83 Å². The zero-order valence-electron chi connectivity index (χ0n) is 10.00. The Hall–Kier alpha value is 0.400. The molecule has 0 spiro atoms. The average molecular weight is 291 g/mol. The van der Waals surface area contributed by atoms with Crippen LogP contribution in [0.5, 0.6) is 0 Å². The summed E-state index contributed by atoms with van der Waals surface area (Å²) in [5.41, 5.74) is 0. The lowest BCUT2D eigenvalue weighted by atomic mass is 9.98. The summed E-state index contributed by atoms with van der Waals surface area (Å²) in [5.74, 6) is 0. The summed E-state index contributed by atoms with van der Waals surface area (Å²) < 4.78 is 11.7. The molecule has 94 valence electrons. The van der Waals surface area contributed by atoms with Crippen molar-refractivity contribution in [1.29, 1.82) is 0 Å². The highest BCUT2D eigenvalue weighted by atomic mass is 79.9. The predicted molar refractivity (Wildman–Crippen MR) is 69.1 cm³/mol. The third kappa shape index (κ3) is 4.01. The van der Waals surface area contributed by atoms with Gasteiger partial charge in [0.2, 0.25) is 0 Å². The number of hydrogen-bond donors (Lipinski definition) is 0. The van der Waals surface area contributed by atoms with Gasteiger partial charge in [-0.05, 0) is 25.7 Å². The maximum absolute atomic E-state index is 5.88. The minimum absolute atomic E-state index is 0.418. The van der Waals surface area contributed by atoms with E-state index >= 15 is 0 Å². The van der Waals surface area contributed by atoms with Crippen molar-refractivity contribution < 1.29 is 9.47 Å². The fourth-order valence-electron chi connectivity index (χ4n) is 2.71. The summed E-state index contributed by atoms with van der Waals surface area (Å²) in [4.78, 5) is 0.563. The molecule has 0 aromatic carbocycles. The Labute approximate surface area is 107 Å². The van der Waals surface area contributed by atoms with Gasteiger partial charge in [-0.1, -0.05) is 41.6 Å². The zero-order valence-corrected chi connectivity index (χ0v) is 11.6. The first-order valence-electron chi connectivity index (χ1n) is 6.73. The Kier molecular flexibility index (Phi) is 5.60. The Balaban J connectivity index is 1.53. The SMILES string of the molecule is BrC1CCCCC1OCCOC1CCCC1. The Morgan fingerprint density at radius 2 is 1.44 bits per heavy atom. The normalized spacial score (nSPS) is 32.1. The van der Waals surface area contributed by atoms with Crippen LogP contribution in [0.2, 0.25) is 0 Å². The number of alkyl halides is 1. The molecule has 2 nitrogen and oxygen atoms in total. The number of halogens is 1. The Morgan fingerprint density at radius 3 is 2.19 bits per heavy atom. The van der Waals surface area contributed by atoms with E-state index in [2.05, 4.69) is 15.9 Å². The molecule has 0 saturated heterocycles. The standard InChI is InChI=1S/C13H23BrO2/c14-12-7-3-4-8-13(12)16-10-9-15-11-5-1-2-6-11/h11-13H,1-10H2. The van der Waals surface area contributed by atoms with Crippen molar-refractivity contribution in [3.63, 3.8) is 0 Å². The van der Waals surface area contributed by atoms with Crippen LogP contribution < -0.4 is 0 Å². The molecule has 0 bridgehead atoms. The smallest absolute Gasteiger partial charge is 0.0704 e. The Morgan fingerprint density at radius 1 is 0.812 bits per heavy atom. The Bertz CT molecular complexity index is 192. The van der Waals surface area contributed by atoms with Crippen LogP contribution in [0, 0.1) is 0 Å². The molecule has 2 aliphatic rings. The van der Waals surface area contributed by atoms with Gasteiger partial charge in [-0.15, -0.1) is 0 Å². The molecule has 0 aromatic rings. The predicted octanol–water partition coefficient (Wildman–Crippen LogP) is 3.67. The van der Waals surface area contributed by atoms with Crippen LogP contribution in [0.3, 0.4) is 0 Å². The van der Waals surface area contributed by atoms with Gasteiger partial charge in [0.1, 0.15) is 0 Å². The molecule has 0 N–H and O–H groups in total. The molecule has 2 unspecified atom stereocenters. The van der Waals surface area contributed by atoms with Gasteiger partial charge in [-0.3, -0.25) is 0 Å². The minimum atomic E-state index is 0.418. The van der Waals surface area contributed by atoms with E-state index in [-0.39, 0.29) is 0 Å². The quantitative estimate of drug-likeness (QED) is 0.568. The lowest BCUT2D eigenvalue weighted by molar-refractivity contribution is -0.0272. The van der Waals surface area contributed by atoms with Crippen molar-refractivity contribution in [2.45, 2.75) is 68.4 Å². The van der Waals surface area contributed by atoms with Gasteiger partial charge in [-0.25, -0.2) is 0 Å². The molecule has 0 aliphatic heterocycles. The van der Waals surface area contributed by atoms with Crippen molar-refractivity contribution in [3.05, 3.63) is 0 Å². The maximum atomic E-state index is 5.88. The molecule has 0 heterocycles. The first-order valence-corrected chi connectivity index (χ1v) is 7.65. The van der Waals surface area contributed by atoms with Gasteiger partial charge in [0.05, 0.1) is 25.4 Å². The summed E-state index contributed by atoms with van der Waals surface area (Å²) in [6.45, 7) is 1.55. The van der Waals surface area contributed by atoms with E-state index in [4.69, 9.17) is 9.47 Å². The second kappa shape index (κ2) is 6.97. The van der Waals surface area contributed by atoms with Crippen LogP contribution in [0.15, 0.2) is 0 Å². The molecule has 2 fully saturated rings. The molecule has 0 aromatic heterocycles. The van der Waals surface area contributed by atoms with Crippen LogP contribution in [-0.4, -0.2) is 30.2 Å². The van der Waals surface area contributed by atoms with Gasteiger partial charge in [0.25, 0.3) is 0 Å². The number of hydrogen-bond acceptors (Lipinski definition) is 2. The molecule has 16 heavy (non-hydrogen) atoms. The molecule has 0 amide bonds. The number of ether oxygens (including phenoxy) is 2. The van der Waals surface area contributed by atoms with Gasteiger partial charge in [-0.2, -0.15) is 0 Å². The summed E-state index contributed by atoms with van der Waals surface area (Å²) in [6, 6.07) is 0. The van der Waals surface area contributed by atoms with Gasteiger partial charge >= 0.3 is 0 Å². The van der Waals surface area contributed by atoms with Crippen molar-refractivity contribution in [1.82, 2.24) is 0 Å². The highest BCUT2D eigenvalue weighted by Crippen LogP contribution is 2.27. The lowest BCUT2D eigenvalue weighted by Crippen LogP contribution is -2.29. The van der Waals surface area contributed by atoms with Crippen LogP contribution >= 0.6 is 15.9 Å². The van der Waals surface area contributed by atoms with E-state index in [1.165, 1.54) is 51.4 Å². The third-order valence-corrected chi connectivity index (χ3v) is 4.74. The van der Waals surface area contributed by atoms with Crippen LogP contribution in [0.4, 0.5) is 0 Å². The van der Waals surface area contributed by atoms with Crippen LogP contribution in [0.25, 0.3) is 0 Å². The lowest BCUT2D eigenvalue weighted by Gasteiger charge is -2.27. The molecule has 2 saturated carbocycles. The van der Waals surface area contributed by atoms with Gasteiger partial charge in [0.15, 0.2) is 0 Å². The maximum Gasteiger partial charge on any atom is 0.0704 e. The van der Waals surface area contributed by atoms with E-state index in [0.29, 0.717) is 17.0 Å². The zero-order chi connectivity index (χ0) is 11.2. The van der Waals surface area contributed by atoms with Crippen molar-refractivity contribution in [3.8, 4) is 0 Å². The summed E-state index contributed by atoms with van der Waals surface area (Å²) in [7, 11) is 0. The largest absolute Gasteiger partial charge is 0.376 e. The summed E-state index contributed by atoms with van der Waals surface area (Å²) >= 11 is 3.71. The van der Waals surface area contributed by atoms with Crippen LogP contribution in [-0.2, 0) is 9.47 Å². The third-order valence-electron chi connectivity index (χ3n) is 3.69. The average Bonchev–Trinajstić information content (AvgIpc) is 2.79. The summed E-state index contributed by atoms with van der Waals surface area (Å²) in [5, 5.41) is 0. The number of rotatable bonds is 5. The van der Waals surface area contributed by atoms with E-state index < -0.39 is 0 Å². The highest BCUT2D eigenvalue weighted by molar-refractivity contribution is 9.09. The monoisotopic (exact) mass is 290 g/mol. The molecular weight excluding hydrogens is 268 g/mol. The molecule has 2 aliphatic carbocycles. The second-order valence-corrected chi connectivity index (χ2v) is 6.16. The molecular formula is C13H23BrO2. The first kappa shape index (κ1) is 12.8. The van der Waals surface area contributed by atoms with Crippen molar-refractivity contribution >= 4 is 15.9 Å². The topological polar surface area (TPSA) is 18.5 Å². The minimum Gasteiger partial charge on any atom is -0.376 e. The van der Waals surface area contributed by atoms with E-state index in [9.17, 15) is 0 Å². The van der Waals surface area contributed by atoms with E-state index in [1.54, 1.807) is 0 Å². The fourth-order valence-corrected chi connectivity index (χ4v) is 3.45. The highest BCUT2D eigenvalue weighted by Gasteiger charge is 2.23. The molecule has 3 heteroatoms. The van der Waals surface area contributed by atoms with Gasteiger partial charge < -0.3 is 9.47 Å². The molecule has 0 radical (unpaired) electrons. The van der Waals surface area contributed by atoms with Crippen molar-refractivity contribution in [2.75, 3.05) is 13.2 Å². The first-order chi connectivity index (χ1) is 7.86. The van der Waals surface area contributed by atoms with Crippen molar-refractivity contribution in [2.24, 2.45) is 0 Å².